The lowest BCUT2D eigenvalue weighted by molar-refractivity contribution is -0.125. The van der Waals surface area contributed by atoms with Crippen LogP contribution in [-0.4, -0.2) is 66.2 Å². The van der Waals surface area contributed by atoms with Crippen LogP contribution in [0, 0.1) is 0 Å². The molecule has 2 aromatic rings. The lowest BCUT2D eigenvalue weighted by atomic mass is 10.1. The van der Waals surface area contributed by atoms with E-state index in [4.69, 9.17) is 16.2 Å². The molecule has 0 radical (unpaired) electrons. The Morgan fingerprint density at radius 3 is 2.41 bits per heavy atom. The quantitative estimate of drug-likeness (QED) is 0.0524. The molecule has 1 aliphatic rings. The SMILES string of the molecule is CNC(=O)C(CCC=O)N1C(=O)c2cccc(OCCCCCCC(=O)NCc3ccc(/C(N)=N/N=C(/C)N)cc3)c2C1=O. The van der Waals surface area contributed by atoms with Crippen molar-refractivity contribution in [3.05, 3.63) is 64.7 Å². The van der Waals surface area contributed by atoms with E-state index in [1.807, 2.05) is 12.1 Å². The summed E-state index contributed by atoms with van der Waals surface area (Å²) in [5.41, 5.74) is 13.2. The summed E-state index contributed by atoms with van der Waals surface area (Å²) >= 11 is 0. The molecule has 0 fully saturated rings. The third-order valence-corrected chi connectivity index (χ3v) is 6.94. The van der Waals surface area contributed by atoms with Crippen LogP contribution in [0.1, 0.15) is 83.7 Å². The van der Waals surface area contributed by atoms with E-state index in [1.165, 1.54) is 13.1 Å². The first-order valence-electron chi connectivity index (χ1n) is 14.5. The van der Waals surface area contributed by atoms with Crippen LogP contribution in [0.5, 0.6) is 5.75 Å². The molecule has 3 rings (SSSR count). The molecule has 13 heteroatoms. The van der Waals surface area contributed by atoms with Gasteiger partial charge in [0.05, 0.1) is 17.7 Å². The van der Waals surface area contributed by atoms with E-state index in [1.54, 1.807) is 31.2 Å². The van der Waals surface area contributed by atoms with E-state index in [2.05, 4.69) is 20.8 Å². The Bertz CT molecular complexity index is 1420. The number of likely N-dealkylation sites (N-methyl/N-ethyl adjacent to an activating group) is 1. The molecule has 0 saturated heterocycles. The predicted octanol–water partition coefficient (Wildman–Crippen LogP) is 2.02. The van der Waals surface area contributed by atoms with E-state index in [-0.39, 0.29) is 41.5 Å². The van der Waals surface area contributed by atoms with Crippen LogP contribution in [0.4, 0.5) is 0 Å². The van der Waals surface area contributed by atoms with Crippen LogP contribution in [0.2, 0.25) is 0 Å². The van der Waals surface area contributed by atoms with Crippen molar-refractivity contribution in [1.29, 1.82) is 0 Å². The number of ether oxygens (including phenoxy) is 1. The molecule has 13 nitrogen and oxygen atoms in total. The average Bonchev–Trinajstić information content (AvgIpc) is 3.28. The van der Waals surface area contributed by atoms with Gasteiger partial charge in [-0.15, -0.1) is 10.2 Å². The number of rotatable bonds is 17. The fraction of sp³-hybridized carbons (Fsp3) is 0.387. The number of carbonyl (C=O) groups is 5. The second-order valence-electron chi connectivity index (χ2n) is 10.2. The van der Waals surface area contributed by atoms with Gasteiger partial charge < -0.3 is 31.6 Å². The van der Waals surface area contributed by atoms with Crippen molar-refractivity contribution in [3.8, 4) is 5.75 Å². The topological polar surface area (TPSA) is 199 Å². The molecular weight excluding hydrogens is 566 g/mol. The van der Waals surface area contributed by atoms with Gasteiger partial charge in [0.2, 0.25) is 11.8 Å². The molecule has 0 aromatic heterocycles. The van der Waals surface area contributed by atoms with Gasteiger partial charge in [0, 0.05) is 32.0 Å². The number of fused-ring (bicyclic) bond motifs is 1. The summed E-state index contributed by atoms with van der Waals surface area (Å²) in [6, 6.07) is 11.0. The summed E-state index contributed by atoms with van der Waals surface area (Å²) in [5.74, 6) is -0.945. The van der Waals surface area contributed by atoms with Gasteiger partial charge in [0.1, 0.15) is 23.9 Å². The number of nitrogens with zero attached hydrogens (tertiary/aromatic N) is 3. The highest BCUT2D eigenvalue weighted by molar-refractivity contribution is 6.24. The molecule has 0 saturated carbocycles. The Labute approximate surface area is 256 Å². The van der Waals surface area contributed by atoms with E-state index in [9.17, 15) is 24.0 Å². The Morgan fingerprint density at radius 1 is 1.00 bits per heavy atom. The Morgan fingerprint density at radius 2 is 1.73 bits per heavy atom. The third kappa shape index (κ3) is 8.96. The number of benzene rings is 2. The van der Waals surface area contributed by atoms with E-state index in [0.29, 0.717) is 50.1 Å². The maximum Gasteiger partial charge on any atom is 0.266 e. The minimum atomic E-state index is -1.09. The molecule has 6 N–H and O–H groups in total. The summed E-state index contributed by atoms with van der Waals surface area (Å²) in [6.45, 7) is 2.33. The normalized spacial score (nSPS) is 13.8. The molecule has 1 atom stereocenters. The number of carbonyl (C=O) groups excluding carboxylic acids is 5. The minimum Gasteiger partial charge on any atom is -0.493 e. The van der Waals surface area contributed by atoms with Gasteiger partial charge in [-0.1, -0.05) is 43.2 Å². The highest BCUT2D eigenvalue weighted by atomic mass is 16.5. The third-order valence-electron chi connectivity index (χ3n) is 6.94. The van der Waals surface area contributed by atoms with Crippen LogP contribution < -0.4 is 26.8 Å². The molecule has 1 unspecified atom stereocenters. The van der Waals surface area contributed by atoms with Crippen LogP contribution in [0.25, 0.3) is 0 Å². The van der Waals surface area contributed by atoms with E-state index < -0.39 is 23.8 Å². The lowest BCUT2D eigenvalue weighted by Crippen LogP contribution is -2.48. The Hall–Kier alpha value is -5.07. The monoisotopic (exact) mass is 605 g/mol. The minimum absolute atomic E-state index is 0.0307. The number of hydrogen-bond acceptors (Lipinski definition) is 8. The maximum absolute atomic E-state index is 13.2. The summed E-state index contributed by atoms with van der Waals surface area (Å²) < 4.78 is 5.86. The first kappa shape index (κ1) is 33.4. The van der Waals surface area contributed by atoms with Crippen molar-refractivity contribution >= 4 is 41.6 Å². The van der Waals surface area contributed by atoms with E-state index >= 15 is 0 Å². The molecule has 234 valence electrons. The number of nitrogens with two attached hydrogens (primary N) is 2. The van der Waals surface area contributed by atoms with Crippen molar-refractivity contribution in [2.24, 2.45) is 21.7 Å². The zero-order valence-corrected chi connectivity index (χ0v) is 25.0. The molecular formula is C31H39N7O6. The van der Waals surface area contributed by atoms with Crippen molar-refractivity contribution in [1.82, 2.24) is 15.5 Å². The second-order valence-corrected chi connectivity index (χ2v) is 10.2. The molecule has 2 aromatic carbocycles. The number of aldehydes is 1. The largest absolute Gasteiger partial charge is 0.493 e. The summed E-state index contributed by atoms with van der Waals surface area (Å²) in [4.78, 5) is 62.7. The fourth-order valence-electron chi connectivity index (χ4n) is 4.64. The zero-order chi connectivity index (χ0) is 32.1. The van der Waals surface area contributed by atoms with Crippen molar-refractivity contribution in [2.45, 2.75) is 64.5 Å². The molecule has 44 heavy (non-hydrogen) atoms. The highest BCUT2D eigenvalue weighted by Crippen LogP contribution is 2.33. The standard InChI is InChI=1S/C31H39N7O6/c1-20(32)36-37-28(33)22-15-13-21(14-16-22)19-35-26(40)12-5-3-4-6-18-44-25-11-7-9-23-27(25)31(43)38(30(23)42)24(10-8-17-39)29(41)34-2/h7,9,11,13-17,24H,3-6,8,10,12,18-19H2,1-2H3,(H2,32,36)(H2,33,37)(H,34,41)(H,35,40). The smallest absolute Gasteiger partial charge is 0.266 e. The van der Waals surface area contributed by atoms with Gasteiger partial charge in [-0.05, 0) is 43.9 Å². The number of amidine groups is 2. The number of imide groups is 1. The number of amides is 4. The van der Waals surface area contributed by atoms with Gasteiger partial charge in [-0.25, -0.2) is 0 Å². The lowest BCUT2D eigenvalue weighted by Gasteiger charge is -2.24. The molecule has 0 bridgehead atoms. The summed E-state index contributed by atoms with van der Waals surface area (Å²) in [7, 11) is 1.41. The Kier molecular flexibility index (Phi) is 12.6. The zero-order valence-electron chi connectivity index (χ0n) is 25.0. The van der Waals surface area contributed by atoms with Crippen LogP contribution >= 0.6 is 0 Å². The fourth-order valence-corrected chi connectivity index (χ4v) is 4.64. The van der Waals surface area contributed by atoms with Crippen LogP contribution in [0.15, 0.2) is 52.7 Å². The second kappa shape index (κ2) is 16.5. The molecule has 0 aliphatic carbocycles. The summed E-state index contributed by atoms with van der Waals surface area (Å²) in [5, 5.41) is 12.9. The van der Waals surface area contributed by atoms with Crippen molar-refractivity contribution in [2.75, 3.05) is 13.7 Å². The molecule has 1 heterocycles. The van der Waals surface area contributed by atoms with Crippen LogP contribution in [-0.2, 0) is 20.9 Å². The first-order chi connectivity index (χ1) is 21.2. The van der Waals surface area contributed by atoms with Gasteiger partial charge in [-0.3, -0.25) is 24.1 Å². The molecule has 4 amide bonds. The van der Waals surface area contributed by atoms with Crippen LogP contribution in [0.3, 0.4) is 0 Å². The van der Waals surface area contributed by atoms with Gasteiger partial charge in [-0.2, -0.15) is 0 Å². The first-order valence-corrected chi connectivity index (χ1v) is 14.5. The average molecular weight is 606 g/mol. The number of nitrogens with one attached hydrogen (secondary N) is 2. The number of hydrogen-bond donors (Lipinski definition) is 4. The highest BCUT2D eigenvalue weighted by Gasteiger charge is 2.44. The number of unbranched alkanes of at least 4 members (excludes halogenated alkanes) is 3. The Balaban J connectivity index is 1.40. The van der Waals surface area contributed by atoms with Crippen molar-refractivity contribution in [3.63, 3.8) is 0 Å². The van der Waals surface area contributed by atoms with Gasteiger partial charge in [0.15, 0.2) is 5.84 Å². The summed E-state index contributed by atoms with van der Waals surface area (Å²) in [6.07, 6.45) is 4.13. The molecule has 1 aliphatic heterocycles. The molecule has 0 spiro atoms. The van der Waals surface area contributed by atoms with E-state index in [0.717, 1.165) is 23.3 Å². The van der Waals surface area contributed by atoms with Crippen molar-refractivity contribution < 1.29 is 28.7 Å². The van der Waals surface area contributed by atoms with Gasteiger partial charge >= 0.3 is 0 Å². The van der Waals surface area contributed by atoms with Gasteiger partial charge in [0.25, 0.3) is 11.8 Å². The maximum atomic E-state index is 13.2. The predicted molar refractivity (Wildman–Crippen MR) is 165 cm³/mol.